The van der Waals surface area contributed by atoms with Crippen molar-refractivity contribution in [3.8, 4) is 5.75 Å². The van der Waals surface area contributed by atoms with E-state index in [1.807, 2.05) is 59.2 Å². The van der Waals surface area contributed by atoms with Gasteiger partial charge in [0.25, 0.3) is 5.91 Å². The summed E-state index contributed by atoms with van der Waals surface area (Å²) >= 11 is 6.07. The van der Waals surface area contributed by atoms with Crippen molar-refractivity contribution in [1.82, 2.24) is 9.80 Å². The van der Waals surface area contributed by atoms with Gasteiger partial charge in [-0.15, -0.1) is 0 Å². The van der Waals surface area contributed by atoms with Crippen LogP contribution in [0.3, 0.4) is 0 Å². The van der Waals surface area contributed by atoms with Gasteiger partial charge in [0.2, 0.25) is 5.91 Å². The number of carbonyl (C=O) groups excluding carboxylic acids is 2. The summed E-state index contributed by atoms with van der Waals surface area (Å²) in [5.41, 5.74) is 1.72. The van der Waals surface area contributed by atoms with Crippen LogP contribution in [0.4, 0.5) is 0 Å². The summed E-state index contributed by atoms with van der Waals surface area (Å²) in [5.74, 6) is 0.797. The van der Waals surface area contributed by atoms with Gasteiger partial charge in [-0.3, -0.25) is 9.59 Å². The first-order chi connectivity index (χ1) is 14.1. The number of halogens is 1. The molecule has 1 saturated heterocycles. The monoisotopic (exact) mass is 414 g/mol. The van der Waals surface area contributed by atoms with Gasteiger partial charge in [-0.05, 0) is 43.5 Å². The smallest absolute Gasteiger partial charge is 0.254 e. The summed E-state index contributed by atoms with van der Waals surface area (Å²) in [4.78, 5) is 29.1. The van der Waals surface area contributed by atoms with Gasteiger partial charge in [-0.1, -0.05) is 41.9 Å². The average molecular weight is 415 g/mol. The van der Waals surface area contributed by atoms with Crippen LogP contribution in [0.15, 0.2) is 48.5 Å². The molecule has 6 heteroatoms. The van der Waals surface area contributed by atoms with E-state index in [1.165, 1.54) is 0 Å². The zero-order valence-electron chi connectivity index (χ0n) is 16.8. The zero-order valence-corrected chi connectivity index (χ0v) is 17.5. The van der Waals surface area contributed by atoms with E-state index in [-0.39, 0.29) is 11.8 Å². The molecule has 3 rings (SSSR count). The van der Waals surface area contributed by atoms with Gasteiger partial charge in [-0.25, -0.2) is 0 Å². The van der Waals surface area contributed by atoms with Crippen LogP contribution in [0.5, 0.6) is 5.75 Å². The van der Waals surface area contributed by atoms with Gasteiger partial charge in [0.15, 0.2) is 0 Å². The minimum Gasteiger partial charge on any atom is -0.492 e. The average Bonchev–Trinajstić information content (AvgIpc) is 2.98. The van der Waals surface area contributed by atoms with E-state index < -0.39 is 0 Å². The van der Waals surface area contributed by atoms with E-state index in [0.717, 1.165) is 17.5 Å². The number of nitrogens with zero attached hydrogens (tertiary/aromatic N) is 2. The highest BCUT2D eigenvalue weighted by Crippen LogP contribution is 2.23. The molecule has 0 bridgehead atoms. The number of hydrogen-bond donors (Lipinski definition) is 0. The predicted octanol–water partition coefficient (Wildman–Crippen LogP) is 4.18. The van der Waals surface area contributed by atoms with Crippen LogP contribution in [-0.4, -0.2) is 54.4 Å². The molecular formula is C23H27ClN2O3. The maximum Gasteiger partial charge on any atom is 0.254 e. The standard InChI is InChI=1S/C23H27ClN2O3/c1-18-8-2-3-9-19(18)23(28)26-14-7-13-25(15-16-26)22(27)12-6-17-29-21-11-5-4-10-20(21)24/h2-5,8-11H,6-7,12-17H2,1H3. The van der Waals surface area contributed by atoms with Crippen molar-refractivity contribution in [2.24, 2.45) is 0 Å². The third-order valence-electron chi connectivity index (χ3n) is 5.14. The lowest BCUT2D eigenvalue weighted by Crippen LogP contribution is -2.37. The molecule has 1 aliphatic rings. The Labute approximate surface area is 177 Å². The third kappa shape index (κ3) is 5.73. The van der Waals surface area contributed by atoms with Gasteiger partial charge >= 0.3 is 0 Å². The quantitative estimate of drug-likeness (QED) is 0.666. The molecule has 2 aromatic rings. The minimum absolute atomic E-state index is 0.0468. The Bertz CT molecular complexity index is 856. The van der Waals surface area contributed by atoms with Crippen molar-refractivity contribution in [3.05, 3.63) is 64.7 Å². The van der Waals surface area contributed by atoms with Crippen LogP contribution >= 0.6 is 11.6 Å². The highest BCUT2D eigenvalue weighted by Gasteiger charge is 2.23. The van der Waals surface area contributed by atoms with Crippen molar-refractivity contribution in [2.45, 2.75) is 26.2 Å². The van der Waals surface area contributed by atoms with E-state index in [9.17, 15) is 9.59 Å². The first-order valence-electron chi connectivity index (χ1n) is 10.1. The molecule has 0 atom stereocenters. The maximum atomic E-state index is 12.8. The normalized spacial score (nSPS) is 14.4. The Morgan fingerprint density at radius 1 is 0.966 bits per heavy atom. The number of rotatable bonds is 6. The zero-order chi connectivity index (χ0) is 20.6. The Morgan fingerprint density at radius 3 is 2.45 bits per heavy atom. The Kier molecular flexibility index (Phi) is 7.53. The van der Waals surface area contributed by atoms with Crippen LogP contribution in [0.25, 0.3) is 0 Å². The van der Waals surface area contributed by atoms with Gasteiger partial charge in [0.1, 0.15) is 5.75 Å². The second-order valence-electron chi connectivity index (χ2n) is 7.22. The largest absolute Gasteiger partial charge is 0.492 e. The van der Waals surface area contributed by atoms with Gasteiger partial charge in [-0.2, -0.15) is 0 Å². The van der Waals surface area contributed by atoms with Crippen molar-refractivity contribution in [2.75, 3.05) is 32.8 Å². The lowest BCUT2D eigenvalue weighted by Gasteiger charge is -2.23. The molecule has 0 aromatic heterocycles. The first kappa shape index (κ1) is 21.2. The molecule has 1 heterocycles. The van der Waals surface area contributed by atoms with Gasteiger partial charge in [0.05, 0.1) is 11.6 Å². The number of benzene rings is 2. The third-order valence-corrected chi connectivity index (χ3v) is 5.45. The van der Waals surface area contributed by atoms with Crippen LogP contribution in [0.2, 0.25) is 5.02 Å². The fraction of sp³-hybridized carbons (Fsp3) is 0.391. The van der Waals surface area contributed by atoms with E-state index in [1.54, 1.807) is 6.07 Å². The number of carbonyl (C=O) groups is 2. The van der Waals surface area contributed by atoms with Crippen LogP contribution in [0, 0.1) is 6.92 Å². The minimum atomic E-state index is 0.0468. The number of para-hydroxylation sites is 1. The van der Waals surface area contributed by atoms with E-state index in [2.05, 4.69) is 0 Å². The van der Waals surface area contributed by atoms with Crippen LogP contribution in [-0.2, 0) is 4.79 Å². The van der Waals surface area contributed by atoms with Crippen molar-refractivity contribution in [3.63, 3.8) is 0 Å². The second-order valence-corrected chi connectivity index (χ2v) is 7.63. The Hall–Kier alpha value is -2.53. The first-order valence-corrected chi connectivity index (χ1v) is 10.4. The second kappa shape index (κ2) is 10.3. The number of amides is 2. The molecule has 0 N–H and O–H groups in total. The molecule has 0 aliphatic carbocycles. The van der Waals surface area contributed by atoms with Crippen LogP contribution < -0.4 is 4.74 Å². The molecule has 0 unspecified atom stereocenters. The number of ether oxygens (including phenoxy) is 1. The van der Waals surface area contributed by atoms with Crippen molar-refractivity contribution < 1.29 is 14.3 Å². The topological polar surface area (TPSA) is 49.9 Å². The highest BCUT2D eigenvalue weighted by molar-refractivity contribution is 6.32. The van der Waals surface area contributed by atoms with Crippen molar-refractivity contribution >= 4 is 23.4 Å². The molecule has 29 heavy (non-hydrogen) atoms. The summed E-state index contributed by atoms with van der Waals surface area (Å²) in [5, 5.41) is 0.574. The number of aryl methyl sites for hydroxylation is 1. The molecule has 1 fully saturated rings. The summed E-state index contributed by atoms with van der Waals surface area (Å²) < 4.78 is 5.65. The SMILES string of the molecule is Cc1ccccc1C(=O)N1CCCN(C(=O)CCCOc2ccccc2Cl)CC1. The Morgan fingerprint density at radius 2 is 1.66 bits per heavy atom. The Balaban J connectivity index is 1.45. The lowest BCUT2D eigenvalue weighted by molar-refractivity contribution is -0.131. The molecule has 5 nitrogen and oxygen atoms in total. The maximum absolute atomic E-state index is 12.8. The molecule has 2 aromatic carbocycles. The van der Waals surface area contributed by atoms with Gasteiger partial charge in [0, 0.05) is 38.2 Å². The number of hydrogen-bond acceptors (Lipinski definition) is 3. The fourth-order valence-corrected chi connectivity index (χ4v) is 3.67. The molecule has 2 amide bonds. The van der Waals surface area contributed by atoms with E-state index in [0.29, 0.717) is 56.4 Å². The summed E-state index contributed by atoms with van der Waals surface area (Å²) in [6, 6.07) is 15.0. The molecular weight excluding hydrogens is 388 g/mol. The fourth-order valence-electron chi connectivity index (χ4n) is 3.48. The molecule has 1 aliphatic heterocycles. The van der Waals surface area contributed by atoms with Crippen molar-refractivity contribution in [1.29, 1.82) is 0 Å². The summed E-state index contributed by atoms with van der Waals surface area (Å²) in [6.45, 7) is 4.89. The lowest BCUT2D eigenvalue weighted by atomic mass is 10.1. The molecule has 154 valence electrons. The highest BCUT2D eigenvalue weighted by atomic mass is 35.5. The predicted molar refractivity (Wildman–Crippen MR) is 114 cm³/mol. The molecule has 0 saturated carbocycles. The summed E-state index contributed by atoms with van der Waals surface area (Å²) in [7, 11) is 0. The van der Waals surface area contributed by atoms with Crippen LogP contribution in [0.1, 0.15) is 35.2 Å². The molecule has 0 spiro atoms. The summed E-state index contributed by atoms with van der Waals surface area (Å²) in [6.07, 6.45) is 1.85. The van der Waals surface area contributed by atoms with E-state index in [4.69, 9.17) is 16.3 Å². The van der Waals surface area contributed by atoms with Gasteiger partial charge < -0.3 is 14.5 Å². The van der Waals surface area contributed by atoms with E-state index >= 15 is 0 Å². The molecule has 0 radical (unpaired) electrons.